The fourth-order valence-corrected chi connectivity index (χ4v) is 3.88. The van der Waals surface area contributed by atoms with Crippen LogP contribution in [0, 0.1) is 5.41 Å². The molecular formula is C16H32N2. The van der Waals surface area contributed by atoms with Gasteiger partial charge in [-0.1, -0.05) is 13.8 Å². The Bertz CT molecular complexity index is 242. The zero-order chi connectivity index (χ0) is 13.2. The molecule has 1 aliphatic heterocycles. The van der Waals surface area contributed by atoms with Crippen molar-refractivity contribution in [3.05, 3.63) is 0 Å². The minimum Gasteiger partial charge on any atom is -0.312 e. The van der Waals surface area contributed by atoms with E-state index in [1.54, 1.807) is 0 Å². The minimum atomic E-state index is 0.645. The fourth-order valence-electron chi connectivity index (χ4n) is 3.88. The van der Waals surface area contributed by atoms with Crippen LogP contribution < -0.4 is 5.32 Å². The van der Waals surface area contributed by atoms with Crippen LogP contribution in [0.2, 0.25) is 0 Å². The average Bonchev–Trinajstić information content (AvgIpc) is 2.32. The second kappa shape index (κ2) is 5.92. The Morgan fingerprint density at radius 1 is 0.944 bits per heavy atom. The minimum absolute atomic E-state index is 0.645. The summed E-state index contributed by atoms with van der Waals surface area (Å²) in [6.07, 6.45) is 8.62. The molecule has 2 heteroatoms. The van der Waals surface area contributed by atoms with Crippen molar-refractivity contribution < 1.29 is 0 Å². The van der Waals surface area contributed by atoms with Gasteiger partial charge in [0.05, 0.1) is 0 Å². The highest BCUT2D eigenvalue weighted by Crippen LogP contribution is 2.44. The van der Waals surface area contributed by atoms with Crippen molar-refractivity contribution in [2.75, 3.05) is 13.1 Å². The molecule has 1 aliphatic carbocycles. The summed E-state index contributed by atoms with van der Waals surface area (Å²) in [5, 5.41) is 3.72. The van der Waals surface area contributed by atoms with E-state index >= 15 is 0 Å². The molecule has 1 heterocycles. The van der Waals surface area contributed by atoms with Gasteiger partial charge in [0.1, 0.15) is 0 Å². The van der Waals surface area contributed by atoms with Crippen LogP contribution in [0.25, 0.3) is 0 Å². The molecule has 0 atom stereocenters. The van der Waals surface area contributed by atoms with Gasteiger partial charge < -0.3 is 10.2 Å². The number of hydrogen-bond acceptors (Lipinski definition) is 2. The van der Waals surface area contributed by atoms with Gasteiger partial charge in [0.15, 0.2) is 0 Å². The summed E-state index contributed by atoms with van der Waals surface area (Å²) in [5.74, 6) is 0. The quantitative estimate of drug-likeness (QED) is 0.828. The van der Waals surface area contributed by atoms with Crippen molar-refractivity contribution in [1.29, 1.82) is 0 Å². The van der Waals surface area contributed by atoms with Crippen molar-refractivity contribution in [3.8, 4) is 0 Å². The smallest absolute Gasteiger partial charge is 0.00698 e. The van der Waals surface area contributed by atoms with Gasteiger partial charge in [-0.3, -0.25) is 0 Å². The normalized spacial score (nSPS) is 26.3. The third kappa shape index (κ3) is 3.48. The van der Waals surface area contributed by atoms with Crippen molar-refractivity contribution in [1.82, 2.24) is 10.2 Å². The summed E-state index contributed by atoms with van der Waals surface area (Å²) < 4.78 is 0. The highest BCUT2D eigenvalue weighted by Gasteiger charge is 2.38. The first-order valence-electron chi connectivity index (χ1n) is 8.01. The van der Waals surface area contributed by atoms with Crippen LogP contribution in [0.15, 0.2) is 0 Å². The topological polar surface area (TPSA) is 15.3 Å². The highest BCUT2D eigenvalue weighted by molar-refractivity contribution is 4.92. The van der Waals surface area contributed by atoms with E-state index in [4.69, 9.17) is 0 Å². The number of likely N-dealkylation sites (tertiary alicyclic amines) is 1. The lowest BCUT2D eigenvalue weighted by molar-refractivity contribution is 0.0443. The summed E-state index contributed by atoms with van der Waals surface area (Å²) >= 11 is 0. The second-order valence-electron chi connectivity index (χ2n) is 7.23. The van der Waals surface area contributed by atoms with Crippen LogP contribution >= 0.6 is 0 Å². The lowest BCUT2D eigenvalue weighted by Crippen LogP contribution is -2.47. The first kappa shape index (κ1) is 14.3. The third-order valence-corrected chi connectivity index (χ3v) is 5.20. The van der Waals surface area contributed by atoms with Gasteiger partial charge in [-0.25, -0.2) is 0 Å². The molecule has 1 N–H and O–H groups in total. The second-order valence-corrected chi connectivity index (χ2v) is 7.23. The Kier molecular flexibility index (Phi) is 4.71. The van der Waals surface area contributed by atoms with E-state index in [1.807, 2.05) is 0 Å². The van der Waals surface area contributed by atoms with Crippen molar-refractivity contribution in [2.24, 2.45) is 5.41 Å². The van der Waals surface area contributed by atoms with Gasteiger partial charge in [0.2, 0.25) is 0 Å². The molecule has 2 rings (SSSR count). The zero-order valence-electron chi connectivity index (χ0n) is 12.8. The van der Waals surface area contributed by atoms with Gasteiger partial charge in [0.25, 0.3) is 0 Å². The Morgan fingerprint density at radius 2 is 1.50 bits per heavy atom. The van der Waals surface area contributed by atoms with Crippen LogP contribution in [0.5, 0.6) is 0 Å². The fraction of sp³-hybridized carbons (Fsp3) is 1.00. The molecule has 0 aromatic heterocycles. The molecule has 106 valence electrons. The Hall–Kier alpha value is -0.0800. The van der Waals surface area contributed by atoms with E-state index in [-0.39, 0.29) is 0 Å². The maximum Gasteiger partial charge on any atom is 0.00698 e. The van der Waals surface area contributed by atoms with E-state index in [2.05, 4.69) is 37.9 Å². The van der Waals surface area contributed by atoms with Crippen LogP contribution in [0.4, 0.5) is 0 Å². The zero-order valence-corrected chi connectivity index (χ0v) is 12.8. The average molecular weight is 252 g/mol. The van der Waals surface area contributed by atoms with Crippen molar-refractivity contribution >= 4 is 0 Å². The lowest BCUT2D eigenvalue weighted by atomic mass is 9.67. The van der Waals surface area contributed by atoms with E-state index in [9.17, 15) is 0 Å². The lowest BCUT2D eigenvalue weighted by Gasteiger charge is -2.47. The highest BCUT2D eigenvalue weighted by atomic mass is 15.2. The molecule has 0 amide bonds. The molecule has 0 aromatic rings. The summed E-state index contributed by atoms with van der Waals surface area (Å²) in [7, 11) is 0. The molecule has 0 unspecified atom stereocenters. The first-order chi connectivity index (χ1) is 8.51. The summed E-state index contributed by atoms with van der Waals surface area (Å²) in [6, 6.07) is 2.17. The molecule has 2 aliphatic rings. The number of nitrogens with one attached hydrogen (secondary N) is 1. The number of rotatable bonds is 3. The predicted octanol–water partition coefficient (Wildman–Crippen LogP) is 3.42. The van der Waals surface area contributed by atoms with E-state index in [1.165, 1.54) is 51.6 Å². The standard InChI is InChI=1S/C16H32N2/c1-13(2)17-15-5-7-16(8-6-15)9-11-18(12-10-16)14(3)4/h13-15,17H,5-12H2,1-4H3. The van der Waals surface area contributed by atoms with Crippen LogP contribution in [-0.4, -0.2) is 36.1 Å². The summed E-state index contributed by atoms with van der Waals surface area (Å²) in [4.78, 5) is 2.66. The molecule has 2 nitrogen and oxygen atoms in total. The maximum absolute atomic E-state index is 3.72. The van der Waals surface area contributed by atoms with E-state index in [0.29, 0.717) is 11.5 Å². The van der Waals surface area contributed by atoms with Crippen LogP contribution in [0.1, 0.15) is 66.2 Å². The predicted molar refractivity (Wildman–Crippen MR) is 78.9 cm³/mol. The SMILES string of the molecule is CC(C)NC1CCC2(CC1)CCN(C(C)C)CC2. The number of piperidine rings is 1. The molecule has 18 heavy (non-hydrogen) atoms. The summed E-state index contributed by atoms with van der Waals surface area (Å²) in [6.45, 7) is 11.9. The number of nitrogens with zero attached hydrogens (tertiary/aromatic N) is 1. The van der Waals surface area contributed by atoms with E-state index in [0.717, 1.165) is 12.1 Å². The molecule has 1 saturated carbocycles. The van der Waals surface area contributed by atoms with Crippen molar-refractivity contribution in [3.63, 3.8) is 0 Å². The molecule has 1 saturated heterocycles. The number of hydrogen-bond donors (Lipinski definition) is 1. The monoisotopic (exact) mass is 252 g/mol. The van der Waals surface area contributed by atoms with Gasteiger partial charge in [-0.2, -0.15) is 0 Å². The molecule has 2 fully saturated rings. The van der Waals surface area contributed by atoms with Crippen LogP contribution in [-0.2, 0) is 0 Å². The van der Waals surface area contributed by atoms with Crippen LogP contribution in [0.3, 0.4) is 0 Å². The molecule has 1 spiro atoms. The molecule has 0 radical (unpaired) electrons. The van der Waals surface area contributed by atoms with E-state index < -0.39 is 0 Å². The molecular weight excluding hydrogens is 220 g/mol. The van der Waals surface area contributed by atoms with Gasteiger partial charge in [0, 0.05) is 18.1 Å². The molecule has 0 bridgehead atoms. The Morgan fingerprint density at radius 3 is 1.94 bits per heavy atom. The summed E-state index contributed by atoms with van der Waals surface area (Å²) in [5.41, 5.74) is 0.709. The third-order valence-electron chi connectivity index (χ3n) is 5.20. The van der Waals surface area contributed by atoms with Gasteiger partial charge in [-0.15, -0.1) is 0 Å². The van der Waals surface area contributed by atoms with Gasteiger partial charge in [-0.05, 0) is 70.9 Å². The Labute approximate surface area is 114 Å². The maximum atomic E-state index is 3.72. The molecule has 0 aromatic carbocycles. The van der Waals surface area contributed by atoms with Crippen molar-refractivity contribution in [2.45, 2.75) is 84.3 Å². The largest absolute Gasteiger partial charge is 0.312 e. The Balaban J connectivity index is 1.79. The first-order valence-corrected chi connectivity index (χ1v) is 8.01. The van der Waals surface area contributed by atoms with Gasteiger partial charge >= 0.3 is 0 Å².